The van der Waals surface area contributed by atoms with E-state index in [4.69, 9.17) is 0 Å². The molecule has 2 aromatic carbocycles. The van der Waals surface area contributed by atoms with Crippen LogP contribution >= 0.6 is 11.3 Å². The Morgan fingerprint density at radius 3 is 2.87 bits per heavy atom. The quantitative estimate of drug-likeness (QED) is 0.522. The van der Waals surface area contributed by atoms with Crippen LogP contribution < -0.4 is 9.62 Å². The Morgan fingerprint density at radius 2 is 2.03 bits per heavy atom. The van der Waals surface area contributed by atoms with E-state index in [-0.39, 0.29) is 16.5 Å². The van der Waals surface area contributed by atoms with Crippen molar-refractivity contribution in [3.63, 3.8) is 0 Å². The molecule has 1 aliphatic rings. The van der Waals surface area contributed by atoms with Gasteiger partial charge in [0.2, 0.25) is 10.1 Å². The maximum atomic E-state index is 13.4. The molecule has 0 aliphatic carbocycles. The number of amides is 1. The van der Waals surface area contributed by atoms with Crippen molar-refractivity contribution in [1.82, 2.24) is 19.8 Å². The lowest BCUT2D eigenvalue weighted by Crippen LogP contribution is -2.35. The van der Waals surface area contributed by atoms with Crippen molar-refractivity contribution in [3.05, 3.63) is 66.0 Å². The highest BCUT2D eigenvalue weighted by Crippen LogP contribution is 2.36. The standard InChI is InChI=1S/C19H16N6O3S2/c1-12-9-13-5-2-3-8-16(13)25(12)30(27,28)15-7-4-6-14(10-15)17(26)21-18-23-24-11-20-22-19(24)29-18/h2-8,10-12H,9H2,1H3,(H,21,23,26)/t12-/m1/s1. The molecule has 11 heteroatoms. The molecule has 0 saturated heterocycles. The molecule has 9 nitrogen and oxygen atoms in total. The van der Waals surface area contributed by atoms with Crippen molar-refractivity contribution in [2.45, 2.75) is 24.3 Å². The zero-order chi connectivity index (χ0) is 20.9. The number of benzene rings is 2. The summed E-state index contributed by atoms with van der Waals surface area (Å²) in [7, 11) is -3.82. The number of nitrogens with zero attached hydrogens (tertiary/aromatic N) is 5. The highest BCUT2D eigenvalue weighted by molar-refractivity contribution is 7.92. The average Bonchev–Trinajstić information content (AvgIpc) is 3.40. The van der Waals surface area contributed by atoms with Crippen molar-refractivity contribution in [2.75, 3.05) is 9.62 Å². The molecule has 0 saturated carbocycles. The Bertz CT molecular complexity index is 1350. The second-order valence-corrected chi connectivity index (χ2v) is 9.70. The maximum Gasteiger partial charge on any atom is 0.264 e. The number of carbonyl (C=O) groups is 1. The molecular formula is C19H16N6O3S2. The number of fused-ring (bicyclic) bond motifs is 2. The number of hydrogen-bond donors (Lipinski definition) is 1. The Balaban J connectivity index is 1.45. The van der Waals surface area contributed by atoms with Crippen LogP contribution in [0.3, 0.4) is 0 Å². The zero-order valence-electron chi connectivity index (χ0n) is 15.8. The van der Waals surface area contributed by atoms with Gasteiger partial charge < -0.3 is 0 Å². The van der Waals surface area contributed by atoms with Gasteiger partial charge in [-0.05, 0) is 43.2 Å². The van der Waals surface area contributed by atoms with E-state index in [0.717, 1.165) is 5.56 Å². The van der Waals surface area contributed by atoms with Crippen molar-refractivity contribution in [1.29, 1.82) is 0 Å². The van der Waals surface area contributed by atoms with Gasteiger partial charge in [0.05, 0.1) is 10.6 Å². The van der Waals surface area contributed by atoms with E-state index in [9.17, 15) is 13.2 Å². The van der Waals surface area contributed by atoms with Crippen molar-refractivity contribution >= 4 is 43.0 Å². The Labute approximate surface area is 176 Å². The van der Waals surface area contributed by atoms with E-state index >= 15 is 0 Å². The summed E-state index contributed by atoms with van der Waals surface area (Å²) < 4.78 is 29.7. The minimum Gasteiger partial charge on any atom is -0.296 e. The number of para-hydroxylation sites is 1. The number of anilines is 2. The maximum absolute atomic E-state index is 13.4. The number of aromatic nitrogens is 4. The number of rotatable bonds is 4. The van der Waals surface area contributed by atoms with Crippen LogP contribution in [0, 0.1) is 0 Å². The minimum atomic E-state index is -3.82. The van der Waals surface area contributed by atoms with Crippen LogP contribution in [0.25, 0.3) is 4.96 Å². The van der Waals surface area contributed by atoms with Gasteiger partial charge in [0.1, 0.15) is 6.33 Å². The third-order valence-corrected chi connectivity index (χ3v) is 7.66. The molecule has 3 heterocycles. The van der Waals surface area contributed by atoms with Gasteiger partial charge in [0.15, 0.2) is 0 Å². The first-order chi connectivity index (χ1) is 14.4. The molecule has 1 atom stereocenters. The number of sulfonamides is 1. The molecule has 0 radical (unpaired) electrons. The summed E-state index contributed by atoms with van der Waals surface area (Å²) >= 11 is 1.17. The van der Waals surface area contributed by atoms with Gasteiger partial charge in [0.25, 0.3) is 15.9 Å². The summed E-state index contributed by atoms with van der Waals surface area (Å²) in [5.41, 5.74) is 1.90. The lowest BCUT2D eigenvalue weighted by atomic mass is 10.1. The molecule has 1 aliphatic heterocycles. The Kier molecular flexibility index (Phi) is 4.29. The molecule has 0 spiro atoms. The van der Waals surface area contributed by atoms with E-state index in [2.05, 4.69) is 20.6 Å². The Hall–Kier alpha value is -3.31. The molecule has 30 heavy (non-hydrogen) atoms. The second-order valence-electron chi connectivity index (χ2n) is 6.93. The van der Waals surface area contributed by atoms with Gasteiger partial charge in [-0.1, -0.05) is 35.6 Å². The highest BCUT2D eigenvalue weighted by Gasteiger charge is 2.36. The summed E-state index contributed by atoms with van der Waals surface area (Å²) in [6.45, 7) is 1.88. The highest BCUT2D eigenvalue weighted by atomic mass is 32.2. The van der Waals surface area contributed by atoms with Crippen LogP contribution in [0.1, 0.15) is 22.8 Å². The molecule has 0 unspecified atom stereocenters. The topological polar surface area (TPSA) is 110 Å². The third kappa shape index (κ3) is 3.02. The second kappa shape index (κ2) is 6.89. The molecular weight excluding hydrogens is 424 g/mol. The van der Waals surface area contributed by atoms with E-state index < -0.39 is 15.9 Å². The first-order valence-electron chi connectivity index (χ1n) is 9.14. The molecule has 5 rings (SSSR count). The lowest BCUT2D eigenvalue weighted by Gasteiger charge is -2.24. The zero-order valence-corrected chi connectivity index (χ0v) is 17.4. The van der Waals surface area contributed by atoms with E-state index in [1.807, 2.05) is 25.1 Å². The summed E-state index contributed by atoms with van der Waals surface area (Å²) in [5, 5.41) is 14.8. The van der Waals surface area contributed by atoms with Crippen LogP contribution in [0.4, 0.5) is 10.8 Å². The van der Waals surface area contributed by atoms with Gasteiger partial charge in [0, 0.05) is 11.6 Å². The molecule has 4 aromatic rings. The van der Waals surface area contributed by atoms with Gasteiger partial charge >= 0.3 is 0 Å². The molecule has 2 aromatic heterocycles. The van der Waals surface area contributed by atoms with E-state index in [1.165, 1.54) is 38.6 Å². The van der Waals surface area contributed by atoms with Gasteiger partial charge in [-0.15, -0.1) is 15.3 Å². The third-order valence-electron chi connectivity index (χ3n) is 4.91. The van der Waals surface area contributed by atoms with Crippen molar-refractivity contribution < 1.29 is 13.2 Å². The fourth-order valence-electron chi connectivity index (χ4n) is 3.59. The molecule has 152 valence electrons. The first kappa shape index (κ1) is 18.7. The van der Waals surface area contributed by atoms with Crippen LogP contribution in [0.5, 0.6) is 0 Å². The van der Waals surface area contributed by atoms with Crippen LogP contribution in [-0.4, -0.2) is 40.2 Å². The summed E-state index contributed by atoms with van der Waals surface area (Å²) in [4.78, 5) is 13.3. The fourth-order valence-corrected chi connectivity index (χ4v) is 6.05. The SMILES string of the molecule is C[C@@H]1Cc2ccccc2N1S(=O)(=O)c1cccc(C(=O)Nc2nn3cnnc3s2)c1. The van der Waals surface area contributed by atoms with Crippen LogP contribution in [-0.2, 0) is 16.4 Å². The van der Waals surface area contributed by atoms with Crippen molar-refractivity contribution in [3.8, 4) is 0 Å². The average molecular weight is 441 g/mol. The van der Waals surface area contributed by atoms with E-state index in [1.54, 1.807) is 18.2 Å². The Morgan fingerprint density at radius 1 is 1.20 bits per heavy atom. The number of carbonyl (C=O) groups excluding carboxylic acids is 1. The summed E-state index contributed by atoms with van der Waals surface area (Å²) in [5.74, 6) is -0.452. The predicted molar refractivity (Wildman–Crippen MR) is 112 cm³/mol. The molecule has 1 N–H and O–H groups in total. The predicted octanol–water partition coefficient (Wildman–Crippen LogP) is 2.58. The smallest absolute Gasteiger partial charge is 0.264 e. The van der Waals surface area contributed by atoms with E-state index in [0.29, 0.717) is 22.2 Å². The van der Waals surface area contributed by atoms with Crippen molar-refractivity contribution in [2.24, 2.45) is 0 Å². The number of nitrogens with one attached hydrogen (secondary N) is 1. The largest absolute Gasteiger partial charge is 0.296 e. The molecule has 1 amide bonds. The summed E-state index contributed by atoms with van der Waals surface area (Å²) in [6, 6.07) is 13.3. The van der Waals surface area contributed by atoms with Gasteiger partial charge in [-0.2, -0.15) is 4.52 Å². The number of hydrogen-bond acceptors (Lipinski definition) is 7. The molecule has 0 bridgehead atoms. The van der Waals surface area contributed by atoms with Crippen LogP contribution in [0.2, 0.25) is 0 Å². The summed E-state index contributed by atoms with van der Waals surface area (Å²) in [6.07, 6.45) is 2.08. The fraction of sp³-hybridized carbons (Fsp3) is 0.158. The molecule has 0 fully saturated rings. The van der Waals surface area contributed by atoms with Gasteiger partial charge in [-0.3, -0.25) is 14.4 Å². The van der Waals surface area contributed by atoms with Gasteiger partial charge in [-0.25, -0.2) is 8.42 Å². The minimum absolute atomic E-state index is 0.0665. The van der Waals surface area contributed by atoms with Crippen LogP contribution in [0.15, 0.2) is 59.8 Å². The monoisotopic (exact) mass is 440 g/mol. The lowest BCUT2D eigenvalue weighted by molar-refractivity contribution is 0.102. The first-order valence-corrected chi connectivity index (χ1v) is 11.4. The normalized spacial score (nSPS) is 16.0.